The molecule has 0 aromatic heterocycles. The molecule has 3 aromatic rings. The average molecular weight is 502 g/mol. The lowest BCUT2D eigenvalue weighted by Crippen LogP contribution is -2.32. The molecule has 1 N–H and O–H groups in total. The lowest BCUT2D eigenvalue weighted by molar-refractivity contribution is -0.140. The molecule has 0 spiro atoms. The molecule has 1 fully saturated rings. The van der Waals surface area contributed by atoms with Gasteiger partial charge in [-0.1, -0.05) is 43.7 Å². The predicted molar refractivity (Wildman–Crippen MR) is 141 cm³/mol. The van der Waals surface area contributed by atoms with E-state index in [4.69, 9.17) is 14.2 Å². The number of hydrogen-bond acceptors (Lipinski definition) is 6. The number of ether oxygens (including phenoxy) is 3. The Balaban J connectivity index is 1.71. The second-order valence-corrected chi connectivity index (χ2v) is 8.70. The lowest BCUT2D eigenvalue weighted by Gasteiger charge is -2.25. The molecule has 0 saturated carbocycles. The standard InChI is InChI=1S/C30H31NO6/c1-3-4-18-36-23-15-13-21(14-16-23)28(32)26-27(31(17-19-35-2)30(34)29(26)33)22-9-8-12-25(20-22)37-24-10-6-5-7-11-24/h5-16,20,27,32H,3-4,17-19H2,1-2H3/b28-26+. The largest absolute Gasteiger partial charge is 0.507 e. The van der Waals surface area contributed by atoms with Crippen LogP contribution in [0.5, 0.6) is 17.2 Å². The van der Waals surface area contributed by atoms with Gasteiger partial charge in [0.05, 0.1) is 24.8 Å². The van der Waals surface area contributed by atoms with E-state index in [-0.39, 0.29) is 24.5 Å². The van der Waals surface area contributed by atoms with Crippen molar-refractivity contribution in [1.29, 1.82) is 0 Å². The molecule has 1 aliphatic rings. The third-order valence-corrected chi connectivity index (χ3v) is 6.12. The number of nitrogens with zero attached hydrogens (tertiary/aromatic N) is 1. The Morgan fingerprint density at radius 1 is 0.892 bits per heavy atom. The molecule has 7 heteroatoms. The van der Waals surface area contributed by atoms with Gasteiger partial charge in [-0.15, -0.1) is 0 Å². The first-order chi connectivity index (χ1) is 18.0. The summed E-state index contributed by atoms with van der Waals surface area (Å²) in [6, 6.07) is 22.6. The van der Waals surface area contributed by atoms with Gasteiger partial charge in [0.2, 0.25) is 0 Å². The van der Waals surface area contributed by atoms with Gasteiger partial charge in [0, 0.05) is 19.2 Å². The summed E-state index contributed by atoms with van der Waals surface area (Å²) in [5, 5.41) is 11.3. The van der Waals surface area contributed by atoms with Gasteiger partial charge < -0.3 is 24.2 Å². The van der Waals surface area contributed by atoms with Crippen LogP contribution in [-0.2, 0) is 14.3 Å². The molecule has 0 bridgehead atoms. The number of aliphatic hydroxyl groups is 1. The maximum atomic E-state index is 13.2. The Morgan fingerprint density at radius 3 is 2.32 bits per heavy atom. The van der Waals surface area contributed by atoms with Crippen LogP contribution in [0.1, 0.15) is 36.9 Å². The summed E-state index contributed by atoms with van der Waals surface area (Å²) >= 11 is 0. The molecule has 0 aliphatic carbocycles. The molecule has 192 valence electrons. The number of amides is 1. The Kier molecular flexibility index (Phi) is 8.59. The van der Waals surface area contributed by atoms with Crippen molar-refractivity contribution in [2.75, 3.05) is 26.9 Å². The molecule has 4 rings (SSSR count). The highest BCUT2D eigenvalue weighted by Crippen LogP contribution is 2.40. The zero-order valence-corrected chi connectivity index (χ0v) is 21.1. The molecule has 1 amide bonds. The summed E-state index contributed by atoms with van der Waals surface area (Å²) in [6.07, 6.45) is 1.97. The number of carbonyl (C=O) groups excluding carboxylic acids is 2. The summed E-state index contributed by atoms with van der Waals surface area (Å²) in [5.41, 5.74) is 1.09. The van der Waals surface area contributed by atoms with Crippen molar-refractivity contribution < 1.29 is 28.9 Å². The van der Waals surface area contributed by atoms with Gasteiger partial charge in [0.1, 0.15) is 23.0 Å². The monoisotopic (exact) mass is 501 g/mol. The van der Waals surface area contributed by atoms with Gasteiger partial charge in [-0.2, -0.15) is 0 Å². The first-order valence-corrected chi connectivity index (χ1v) is 12.4. The van der Waals surface area contributed by atoms with Gasteiger partial charge in [0.25, 0.3) is 11.7 Å². The van der Waals surface area contributed by atoms with Crippen molar-refractivity contribution in [3.63, 3.8) is 0 Å². The van der Waals surface area contributed by atoms with Gasteiger partial charge in [-0.3, -0.25) is 9.59 Å². The Bertz CT molecular complexity index is 1250. The number of hydrogen-bond donors (Lipinski definition) is 1. The van der Waals surface area contributed by atoms with Crippen molar-refractivity contribution in [2.45, 2.75) is 25.8 Å². The number of aliphatic hydroxyl groups excluding tert-OH is 1. The van der Waals surface area contributed by atoms with Crippen LogP contribution >= 0.6 is 0 Å². The van der Waals surface area contributed by atoms with Crippen LogP contribution in [0, 0.1) is 0 Å². The minimum Gasteiger partial charge on any atom is -0.507 e. The minimum atomic E-state index is -0.796. The number of methoxy groups -OCH3 is 1. The summed E-state index contributed by atoms with van der Waals surface area (Å²) in [4.78, 5) is 27.7. The molecule has 1 unspecified atom stereocenters. The Morgan fingerprint density at radius 2 is 1.62 bits per heavy atom. The van der Waals surface area contributed by atoms with Crippen molar-refractivity contribution in [1.82, 2.24) is 4.90 Å². The first-order valence-electron chi connectivity index (χ1n) is 12.4. The number of Topliss-reactive ketones (excluding diaryl/α,β-unsaturated/α-hetero) is 1. The van der Waals surface area contributed by atoms with Gasteiger partial charge in [0.15, 0.2) is 0 Å². The molecule has 7 nitrogen and oxygen atoms in total. The SMILES string of the molecule is CCCCOc1ccc(/C(O)=C2\C(=O)C(=O)N(CCOC)C2c2cccc(Oc3ccccc3)c2)cc1. The average Bonchev–Trinajstić information content (AvgIpc) is 3.17. The first kappa shape index (κ1) is 26.0. The van der Waals surface area contributed by atoms with E-state index in [0.29, 0.717) is 35.0 Å². The summed E-state index contributed by atoms with van der Waals surface area (Å²) < 4.78 is 16.9. The molecule has 1 heterocycles. The molecular formula is C30H31NO6. The maximum absolute atomic E-state index is 13.2. The van der Waals surface area contributed by atoms with E-state index in [9.17, 15) is 14.7 Å². The summed E-state index contributed by atoms with van der Waals surface area (Å²) in [7, 11) is 1.53. The second kappa shape index (κ2) is 12.2. The number of benzene rings is 3. The maximum Gasteiger partial charge on any atom is 0.295 e. The number of rotatable bonds is 11. The van der Waals surface area contributed by atoms with Crippen LogP contribution in [-0.4, -0.2) is 48.6 Å². The van der Waals surface area contributed by atoms with E-state index in [1.165, 1.54) is 12.0 Å². The summed E-state index contributed by atoms with van der Waals surface area (Å²) in [6.45, 7) is 3.13. The normalized spacial score (nSPS) is 16.7. The zero-order valence-electron chi connectivity index (χ0n) is 21.1. The van der Waals surface area contributed by atoms with Gasteiger partial charge >= 0.3 is 0 Å². The molecule has 37 heavy (non-hydrogen) atoms. The summed E-state index contributed by atoms with van der Waals surface area (Å²) in [5.74, 6) is 0.225. The third-order valence-electron chi connectivity index (χ3n) is 6.12. The lowest BCUT2D eigenvalue weighted by atomic mass is 9.95. The number of carbonyl (C=O) groups is 2. The van der Waals surface area contributed by atoms with Crippen LogP contribution < -0.4 is 9.47 Å². The van der Waals surface area contributed by atoms with Crippen LogP contribution in [0.15, 0.2) is 84.4 Å². The van der Waals surface area contributed by atoms with Crippen molar-refractivity contribution in [2.24, 2.45) is 0 Å². The van der Waals surface area contributed by atoms with E-state index in [1.807, 2.05) is 36.4 Å². The van der Waals surface area contributed by atoms with Crippen molar-refractivity contribution in [3.05, 3.63) is 95.6 Å². The van der Waals surface area contributed by atoms with Crippen molar-refractivity contribution >= 4 is 17.4 Å². The van der Waals surface area contributed by atoms with E-state index in [0.717, 1.165) is 12.8 Å². The molecule has 1 atom stereocenters. The Labute approximate surface area is 216 Å². The molecule has 0 radical (unpaired) electrons. The zero-order chi connectivity index (χ0) is 26.2. The van der Waals surface area contributed by atoms with E-state index < -0.39 is 17.7 Å². The fourth-order valence-corrected chi connectivity index (χ4v) is 4.22. The molecular weight excluding hydrogens is 470 g/mol. The molecule has 3 aromatic carbocycles. The number of unbranched alkanes of at least 4 members (excludes halogenated alkanes) is 1. The topological polar surface area (TPSA) is 85.3 Å². The van der Waals surface area contributed by atoms with Crippen LogP contribution in [0.2, 0.25) is 0 Å². The van der Waals surface area contributed by atoms with E-state index >= 15 is 0 Å². The fourth-order valence-electron chi connectivity index (χ4n) is 4.22. The third kappa shape index (κ3) is 6.01. The number of likely N-dealkylation sites (tertiary alicyclic amines) is 1. The smallest absolute Gasteiger partial charge is 0.295 e. The molecule has 1 saturated heterocycles. The molecule has 1 aliphatic heterocycles. The van der Waals surface area contributed by atoms with Gasteiger partial charge in [-0.05, 0) is 60.5 Å². The quantitative estimate of drug-likeness (QED) is 0.156. The second-order valence-electron chi connectivity index (χ2n) is 8.70. The van der Waals surface area contributed by atoms with Crippen LogP contribution in [0.25, 0.3) is 5.76 Å². The predicted octanol–water partition coefficient (Wildman–Crippen LogP) is 5.73. The minimum absolute atomic E-state index is 0.0256. The van der Waals surface area contributed by atoms with E-state index in [1.54, 1.807) is 42.5 Å². The van der Waals surface area contributed by atoms with Gasteiger partial charge in [-0.25, -0.2) is 0 Å². The number of para-hydroxylation sites is 1. The van der Waals surface area contributed by atoms with Crippen LogP contribution in [0.4, 0.5) is 0 Å². The van der Waals surface area contributed by atoms with Crippen LogP contribution in [0.3, 0.4) is 0 Å². The van der Waals surface area contributed by atoms with Crippen molar-refractivity contribution in [3.8, 4) is 17.2 Å². The highest BCUT2D eigenvalue weighted by molar-refractivity contribution is 6.46. The highest BCUT2D eigenvalue weighted by atomic mass is 16.5. The van der Waals surface area contributed by atoms with E-state index in [2.05, 4.69) is 6.92 Å². The fraction of sp³-hybridized carbons (Fsp3) is 0.267. The number of ketones is 1. The Hall–Kier alpha value is -4.10. The highest BCUT2D eigenvalue weighted by Gasteiger charge is 2.46.